The molecule has 1 aliphatic heterocycles. The van der Waals surface area contributed by atoms with Gasteiger partial charge < -0.3 is 19.7 Å². The average Bonchev–Trinajstić information content (AvgIpc) is 3.45. The van der Waals surface area contributed by atoms with Crippen LogP contribution in [0.1, 0.15) is 360 Å². The standard InChI is InChI=1S/C66H126O6/c1-2-3-4-5-6-7-8-9-10-11-12-13-14-15-16-17-18-19-20-21-22-23-24-25-26-27-28-29-30-31-32-33-34-35-36-37-38-39-40-41-42-43-44-45-46-47-48-49-50-51-52-53-54-55-56-57-63-58-64(69)71-61-66(59-67,60-68)62-72-65(63)70/h30-31,63,67-68H,2-29,32-62H2,1H3/b31-30+. The molecular weight excluding hydrogens is 889 g/mol. The highest BCUT2D eigenvalue weighted by Crippen LogP contribution is 2.25. The molecular formula is C66H126O6. The lowest BCUT2D eigenvalue weighted by Crippen LogP contribution is -2.40. The third kappa shape index (κ3) is 47.1. The smallest absolute Gasteiger partial charge is 0.309 e. The first-order chi connectivity index (χ1) is 35.6. The molecule has 2 N–H and O–H groups in total. The fourth-order valence-corrected chi connectivity index (χ4v) is 10.9. The van der Waals surface area contributed by atoms with E-state index in [1.807, 2.05) is 0 Å². The van der Waals surface area contributed by atoms with Gasteiger partial charge >= 0.3 is 11.9 Å². The fourth-order valence-electron chi connectivity index (χ4n) is 10.9. The predicted octanol–water partition coefficient (Wildman–Crippen LogP) is 20.7. The van der Waals surface area contributed by atoms with Crippen LogP contribution in [0, 0.1) is 11.3 Å². The van der Waals surface area contributed by atoms with E-state index in [4.69, 9.17) is 9.47 Å². The number of hydrogen-bond acceptors (Lipinski definition) is 6. The summed E-state index contributed by atoms with van der Waals surface area (Å²) in [6.07, 6.45) is 80.2. The summed E-state index contributed by atoms with van der Waals surface area (Å²) in [5.74, 6) is -1.40. The van der Waals surface area contributed by atoms with E-state index < -0.39 is 36.5 Å². The second-order valence-corrected chi connectivity index (χ2v) is 23.5. The van der Waals surface area contributed by atoms with Gasteiger partial charge in [0.05, 0.1) is 31.0 Å². The van der Waals surface area contributed by atoms with Crippen molar-refractivity contribution in [3.63, 3.8) is 0 Å². The maximum atomic E-state index is 12.5. The molecule has 0 amide bonds. The first kappa shape index (κ1) is 68.6. The molecule has 72 heavy (non-hydrogen) atoms. The van der Waals surface area contributed by atoms with Crippen LogP contribution in [0.15, 0.2) is 12.2 Å². The van der Waals surface area contributed by atoms with Crippen LogP contribution in [0.25, 0.3) is 0 Å². The molecule has 0 bridgehead atoms. The number of esters is 2. The van der Waals surface area contributed by atoms with Crippen LogP contribution in [-0.4, -0.2) is 48.6 Å². The van der Waals surface area contributed by atoms with Gasteiger partial charge in [0, 0.05) is 0 Å². The van der Waals surface area contributed by atoms with Crippen molar-refractivity contribution in [3.05, 3.63) is 12.2 Å². The van der Waals surface area contributed by atoms with Crippen molar-refractivity contribution >= 4 is 11.9 Å². The Hall–Kier alpha value is -1.40. The van der Waals surface area contributed by atoms with E-state index >= 15 is 0 Å². The Labute approximate surface area is 449 Å². The summed E-state index contributed by atoms with van der Waals surface area (Å²) in [6.45, 7) is 1.21. The van der Waals surface area contributed by atoms with Gasteiger partial charge in [0.2, 0.25) is 0 Å². The summed E-state index contributed by atoms with van der Waals surface area (Å²) >= 11 is 0. The molecule has 1 rings (SSSR count). The molecule has 1 aliphatic rings. The van der Waals surface area contributed by atoms with E-state index in [-0.39, 0.29) is 19.6 Å². The molecule has 6 nitrogen and oxygen atoms in total. The minimum atomic E-state index is -1.12. The minimum absolute atomic E-state index is 0.00443. The van der Waals surface area contributed by atoms with Crippen molar-refractivity contribution in [1.29, 1.82) is 0 Å². The number of aliphatic hydroxyl groups excluding tert-OH is 2. The van der Waals surface area contributed by atoms with Gasteiger partial charge in [-0.1, -0.05) is 334 Å². The molecule has 1 heterocycles. The quantitative estimate of drug-likeness (QED) is 0.0358. The van der Waals surface area contributed by atoms with Gasteiger partial charge in [0.1, 0.15) is 13.2 Å². The lowest BCUT2D eigenvalue weighted by atomic mass is 9.92. The maximum absolute atomic E-state index is 12.5. The maximum Gasteiger partial charge on any atom is 0.309 e. The molecule has 6 heteroatoms. The summed E-state index contributed by atoms with van der Waals surface area (Å²) in [7, 11) is 0. The molecule has 1 atom stereocenters. The highest BCUT2D eigenvalue weighted by molar-refractivity contribution is 5.80. The molecule has 1 fully saturated rings. The summed E-state index contributed by atoms with van der Waals surface area (Å²) in [5.41, 5.74) is -1.12. The number of ether oxygens (including phenoxy) is 2. The van der Waals surface area contributed by atoms with Gasteiger partial charge in [-0.05, 0) is 32.1 Å². The molecule has 0 aromatic heterocycles. The SMILES string of the molecule is CCCCCCCCCCCCCCCCCCCCCCCCCCCCC/C=C/CCCCCCCCCCCCCCCCCCCCCCCCCCC1CC(=O)OCC(CO)(CO)COC1=O. The molecule has 0 aliphatic carbocycles. The van der Waals surface area contributed by atoms with Gasteiger partial charge in [-0.25, -0.2) is 0 Å². The zero-order chi connectivity index (χ0) is 51.8. The summed E-state index contributed by atoms with van der Waals surface area (Å²) < 4.78 is 10.6. The largest absolute Gasteiger partial charge is 0.465 e. The second kappa shape index (κ2) is 55.8. The number of aliphatic hydroxyl groups is 2. The molecule has 0 aromatic carbocycles. The van der Waals surface area contributed by atoms with Gasteiger partial charge in [0.15, 0.2) is 0 Å². The van der Waals surface area contributed by atoms with Crippen molar-refractivity contribution in [2.45, 2.75) is 360 Å². The van der Waals surface area contributed by atoms with E-state index in [1.54, 1.807) is 0 Å². The molecule has 0 aromatic rings. The number of allylic oxidation sites excluding steroid dienone is 2. The number of rotatable bonds is 57. The van der Waals surface area contributed by atoms with Crippen molar-refractivity contribution in [3.8, 4) is 0 Å². The van der Waals surface area contributed by atoms with Gasteiger partial charge in [-0.15, -0.1) is 0 Å². The number of unbranched alkanes of at least 4 members (excludes halogenated alkanes) is 51. The van der Waals surface area contributed by atoms with Crippen LogP contribution in [0.3, 0.4) is 0 Å². The Morgan fingerprint density at radius 1 is 0.361 bits per heavy atom. The van der Waals surface area contributed by atoms with Crippen molar-refractivity contribution < 1.29 is 29.3 Å². The molecule has 1 unspecified atom stereocenters. The lowest BCUT2D eigenvalue weighted by Gasteiger charge is -2.27. The van der Waals surface area contributed by atoms with E-state index in [0.29, 0.717) is 6.42 Å². The highest BCUT2D eigenvalue weighted by atomic mass is 16.6. The summed E-state index contributed by atoms with van der Waals surface area (Å²) in [4.78, 5) is 24.7. The van der Waals surface area contributed by atoms with E-state index in [9.17, 15) is 19.8 Å². The van der Waals surface area contributed by atoms with E-state index in [0.717, 1.165) is 19.3 Å². The first-order valence-corrected chi connectivity index (χ1v) is 32.8. The van der Waals surface area contributed by atoms with Crippen LogP contribution in [-0.2, 0) is 19.1 Å². The highest BCUT2D eigenvalue weighted by Gasteiger charge is 2.36. The Balaban J connectivity index is 1.68. The molecule has 0 saturated carbocycles. The number of carbonyl (C=O) groups is 2. The molecule has 1 saturated heterocycles. The third-order valence-corrected chi connectivity index (χ3v) is 16.3. The zero-order valence-corrected chi connectivity index (χ0v) is 48.5. The number of cyclic esters (lactones) is 2. The number of carbonyl (C=O) groups excluding carboxylic acids is 2. The van der Waals surface area contributed by atoms with Gasteiger partial charge in [0.25, 0.3) is 0 Å². The predicted molar refractivity (Wildman–Crippen MR) is 311 cm³/mol. The Morgan fingerprint density at radius 3 is 0.861 bits per heavy atom. The van der Waals surface area contributed by atoms with Crippen molar-refractivity contribution in [2.75, 3.05) is 26.4 Å². The van der Waals surface area contributed by atoms with Crippen LogP contribution < -0.4 is 0 Å². The van der Waals surface area contributed by atoms with Crippen molar-refractivity contribution in [1.82, 2.24) is 0 Å². The normalized spacial score (nSPS) is 15.2. The van der Waals surface area contributed by atoms with E-state index in [2.05, 4.69) is 19.1 Å². The van der Waals surface area contributed by atoms with Crippen LogP contribution in [0.5, 0.6) is 0 Å². The first-order valence-electron chi connectivity index (χ1n) is 32.8. The molecule has 0 spiro atoms. The van der Waals surface area contributed by atoms with E-state index in [1.165, 1.54) is 321 Å². The Bertz CT molecular complexity index is 1130. The lowest BCUT2D eigenvalue weighted by molar-refractivity contribution is -0.155. The average molecular weight is 1020 g/mol. The van der Waals surface area contributed by atoms with Gasteiger partial charge in [-0.3, -0.25) is 9.59 Å². The topological polar surface area (TPSA) is 93.1 Å². The van der Waals surface area contributed by atoms with Crippen LogP contribution in [0.2, 0.25) is 0 Å². The van der Waals surface area contributed by atoms with Crippen LogP contribution >= 0.6 is 0 Å². The monoisotopic (exact) mass is 1010 g/mol. The van der Waals surface area contributed by atoms with Gasteiger partial charge in [-0.2, -0.15) is 0 Å². The Kier molecular flexibility index (Phi) is 53.2. The Morgan fingerprint density at radius 2 is 0.597 bits per heavy atom. The van der Waals surface area contributed by atoms with Crippen LogP contribution in [0.4, 0.5) is 0 Å². The number of hydrogen-bond donors (Lipinski definition) is 2. The minimum Gasteiger partial charge on any atom is -0.465 e. The fraction of sp³-hybridized carbons (Fsp3) is 0.939. The third-order valence-electron chi connectivity index (χ3n) is 16.3. The van der Waals surface area contributed by atoms with Crippen molar-refractivity contribution in [2.24, 2.45) is 11.3 Å². The molecule has 426 valence electrons. The second-order valence-electron chi connectivity index (χ2n) is 23.5. The molecule has 0 radical (unpaired) electrons. The summed E-state index contributed by atoms with van der Waals surface area (Å²) in [6, 6.07) is 0. The zero-order valence-electron chi connectivity index (χ0n) is 48.5. The summed E-state index contributed by atoms with van der Waals surface area (Å²) in [5, 5.41) is 19.2.